The smallest absolute Gasteiger partial charge is 0.290 e. The highest BCUT2D eigenvalue weighted by Crippen LogP contribution is 2.38. The van der Waals surface area contributed by atoms with Crippen LogP contribution in [-0.2, 0) is 4.79 Å². The number of carbonyl (C=O) groups is 2. The molecule has 1 aromatic carbocycles. The summed E-state index contributed by atoms with van der Waals surface area (Å²) >= 11 is 6.25. The second kappa shape index (κ2) is 6.92. The predicted molar refractivity (Wildman–Crippen MR) is 93.8 cm³/mol. The van der Waals surface area contributed by atoms with E-state index in [2.05, 4.69) is 5.32 Å². The number of anilines is 1. The van der Waals surface area contributed by atoms with Crippen molar-refractivity contribution >= 4 is 29.1 Å². The van der Waals surface area contributed by atoms with E-state index in [4.69, 9.17) is 25.5 Å². The second-order valence-electron chi connectivity index (χ2n) is 6.10. The van der Waals surface area contributed by atoms with Crippen LogP contribution in [0.3, 0.4) is 0 Å². The average molecular weight is 377 g/mol. The third-order valence-corrected chi connectivity index (χ3v) is 4.75. The number of ether oxygens (including phenoxy) is 2. The maximum absolute atomic E-state index is 12.8. The number of likely N-dealkylation sites (tertiary alicyclic amines) is 1. The topological polar surface area (TPSA) is 81.0 Å². The molecule has 2 aliphatic heterocycles. The molecule has 1 N–H and O–H groups in total. The fraction of sp³-hybridized carbons (Fsp3) is 0.333. The van der Waals surface area contributed by atoms with Gasteiger partial charge in [0, 0.05) is 18.7 Å². The summed E-state index contributed by atoms with van der Waals surface area (Å²) in [6.45, 7) is 1.41. The first kappa shape index (κ1) is 16.8. The Kier molecular flexibility index (Phi) is 4.46. The molecule has 26 heavy (non-hydrogen) atoms. The number of rotatable bonds is 3. The van der Waals surface area contributed by atoms with E-state index in [0.717, 1.165) is 6.42 Å². The molecule has 0 bridgehead atoms. The molecule has 3 heterocycles. The molecule has 2 aliphatic rings. The van der Waals surface area contributed by atoms with Gasteiger partial charge < -0.3 is 24.1 Å². The molecular weight excluding hydrogens is 360 g/mol. The predicted octanol–water partition coefficient (Wildman–Crippen LogP) is 2.95. The van der Waals surface area contributed by atoms with Crippen LogP contribution in [0.4, 0.5) is 5.69 Å². The molecule has 1 aromatic heterocycles. The Labute approximate surface area is 154 Å². The van der Waals surface area contributed by atoms with Gasteiger partial charge in [-0.1, -0.05) is 11.6 Å². The molecule has 1 atom stereocenters. The highest BCUT2D eigenvalue weighted by atomic mass is 35.5. The van der Waals surface area contributed by atoms with Gasteiger partial charge >= 0.3 is 0 Å². The maximum atomic E-state index is 12.8. The molecule has 136 valence electrons. The van der Waals surface area contributed by atoms with Gasteiger partial charge in [-0.2, -0.15) is 0 Å². The van der Waals surface area contributed by atoms with Crippen LogP contribution in [0.25, 0.3) is 0 Å². The fourth-order valence-electron chi connectivity index (χ4n) is 3.20. The summed E-state index contributed by atoms with van der Waals surface area (Å²) in [5, 5.41) is 3.15. The molecule has 0 radical (unpaired) electrons. The van der Waals surface area contributed by atoms with Crippen LogP contribution < -0.4 is 14.8 Å². The van der Waals surface area contributed by atoms with Crippen molar-refractivity contribution in [3.8, 4) is 11.5 Å². The number of carbonyl (C=O) groups excluding carboxylic acids is 2. The molecule has 2 aromatic rings. The molecular formula is C18H17ClN2O5. The molecule has 0 spiro atoms. The van der Waals surface area contributed by atoms with E-state index in [9.17, 15) is 9.59 Å². The van der Waals surface area contributed by atoms with Gasteiger partial charge in [0.15, 0.2) is 17.3 Å². The zero-order chi connectivity index (χ0) is 18.1. The molecule has 1 saturated heterocycles. The van der Waals surface area contributed by atoms with E-state index in [1.807, 2.05) is 0 Å². The van der Waals surface area contributed by atoms with E-state index in [0.29, 0.717) is 48.4 Å². The van der Waals surface area contributed by atoms with Crippen LogP contribution in [-0.4, -0.2) is 42.5 Å². The van der Waals surface area contributed by atoms with Crippen LogP contribution >= 0.6 is 11.6 Å². The Morgan fingerprint density at radius 3 is 2.69 bits per heavy atom. The average Bonchev–Trinajstić information content (AvgIpc) is 3.33. The Hall–Kier alpha value is -2.67. The van der Waals surface area contributed by atoms with Crippen molar-refractivity contribution in [2.24, 2.45) is 0 Å². The van der Waals surface area contributed by atoms with Gasteiger partial charge in [-0.25, -0.2) is 0 Å². The molecule has 7 nitrogen and oxygen atoms in total. The lowest BCUT2D eigenvalue weighted by molar-refractivity contribution is -0.119. The lowest BCUT2D eigenvalue weighted by Crippen LogP contribution is -2.43. The number of amides is 2. The first-order chi connectivity index (χ1) is 12.6. The normalized spacial score (nSPS) is 18.7. The van der Waals surface area contributed by atoms with E-state index in [1.54, 1.807) is 24.3 Å². The van der Waals surface area contributed by atoms with Crippen molar-refractivity contribution < 1.29 is 23.5 Å². The van der Waals surface area contributed by atoms with E-state index >= 15 is 0 Å². The first-order valence-corrected chi connectivity index (χ1v) is 8.76. The fourth-order valence-corrected chi connectivity index (χ4v) is 3.40. The minimum atomic E-state index is -0.572. The van der Waals surface area contributed by atoms with Gasteiger partial charge in [0.2, 0.25) is 5.91 Å². The number of fused-ring (bicyclic) bond motifs is 1. The van der Waals surface area contributed by atoms with Gasteiger partial charge in [-0.05, 0) is 25.0 Å². The van der Waals surface area contributed by atoms with Crippen LogP contribution in [0.2, 0.25) is 5.02 Å². The van der Waals surface area contributed by atoms with Crippen LogP contribution in [0.1, 0.15) is 23.4 Å². The summed E-state index contributed by atoms with van der Waals surface area (Å²) in [4.78, 5) is 26.8. The number of nitrogens with zero attached hydrogens (tertiary/aromatic N) is 1. The lowest BCUT2D eigenvalue weighted by Gasteiger charge is -2.24. The van der Waals surface area contributed by atoms with Crippen LogP contribution in [0, 0.1) is 0 Å². The Balaban J connectivity index is 1.51. The summed E-state index contributed by atoms with van der Waals surface area (Å²) < 4.78 is 16.2. The highest BCUT2D eigenvalue weighted by Gasteiger charge is 2.35. The highest BCUT2D eigenvalue weighted by molar-refractivity contribution is 6.34. The summed E-state index contributed by atoms with van der Waals surface area (Å²) in [5.41, 5.74) is 0.429. The molecule has 2 amide bonds. The molecule has 4 rings (SSSR count). The summed E-state index contributed by atoms with van der Waals surface area (Å²) in [6.07, 6.45) is 2.77. The minimum Gasteiger partial charge on any atom is -0.486 e. The molecule has 0 aliphatic carbocycles. The zero-order valence-electron chi connectivity index (χ0n) is 13.9. The summed E-state index contributed by atoms with van der Waals surface area (Å²) in [6, 6.07) is 5.92. The zero-order valence-corrected chi connectivity index (χ0v) is 14.6. The standard InChI is InChI=1S/C18H17ClN2O5/c19-11-9-15-16(26-8-7-25-15)10-12(11)20-17(22)13-3-1-5-21(13)18(23)14-4-2-6-24-14/h2,4,6,9-10,13H,1,3,5,7-8H2,(H,20,22)/t13-/m0/s1. The van der Waals surface area contributed by atoms with Gasteiger partial charge in [-0.3, -0.25) is 9.59 Å². The van der Waals surface area contributed by atoms with Crippen molar-refractivity contribution in [1.29, 1.82) is 0 Å². The van der Waals surface area contributed by atoms with Gasteiger partial charge in [0.25, 0.3) is 5.91 Å². The van der Waals surface area contributed by atoms with Gasteiger partial charge in [0.1, 0.15) is 19.3 Å². The third-order valence-electron chi connectivity index (χ3n) is 4.44. The van der Waals surface area contributed by atoms with Crippen molar-refractivity contribution in [1.82, 2.24) is 4.90 Å². The van der Waals surface area contributed by atoms with Crippen LogP contribution in [0.5, 0.6) is 11.5 Å². The Morgan fingerprint density at radius 2 is 1.96 bits per heavy atom. The number of hydrogen-bond donors (Lipinski definition) is 1. The van der Waals surface area contributed by atoms with Crippen molar-refractivity contribution in [2.75, 3.05) is 25.1 Å². The van der Waals surface area contributed by atoms with Crippen LogP contribution in [0.15, 0.2) is 34.9 Å². The SMILES string of the molecule is O=C(Nc1cc2c(cc1Cl)OCCO2)[C@@H]1CCCN1C(=O)c1ccco1. The number of furan rings is 1. The Bertz CT molecular complexity index is 836. The number of hydrogen-bond acceptors (Lipinski definition) is 5. The van der Waals surface area contributed by atoms with Gasteiger partial charge in [0.05, 0.1) is 17.0 Å². The van der Waals surface area contributed by atoms with Crippen molar-refractivity contribution in [3.63, 3.8) is 0 Å². The van der Waals surface area contributed by atoms with Crippen molar-refractivity contribution in [3.05, 3.63) is 41.3 Å². The Morgan fingerprint density at radius 1 is 1.19 bits per heavy atom. The largest absolute Gasteiger partial charge is 0.486 e. The van der Waals surface area contributed by atoms with Gasteiger partial charge in [-0.15, -0.1) is 0 Å². The minimum absolute atomic E-state index is 0.224. The molecule has 0 unspecified atom stereocenters. The number of halogens is 1. The second-order valence-corrected chi connectivity index (χ2v) is 6.51. The molecule has 0 saturated carbocycles. The summed E-state index contributed by atoms with van der Waals surface area (Å²) in [7, 11) is 0. The quantitative estimate of drug-likeness (QED) is 0.890. The van der Waals surface area contributed by atoms with E-state index in [-0.39, 0.29) is 17.6 Å². The third kappa shape index (κ3) is 3.10. The molecule has 8 heteroatoms. The first-order valence-electron chi connectivity index (χ1n) is 8.38. The van der Waals surface area contributed by atoms with E-state index in [1.165, 1.54) is 11.2 Å². The summed E-state index contributed by atoms with van der Waals surface area (Å²) in [5.74, 6) is 0.726. The lowest BCUT2D eigenvalue weighted by atomic mass is 10.2. The number of nitrogens with one attached hydrogen (secondary N) is 1. The number of benzene rings is 1. The van der Waals surface area contributed by atoms with Crippen molar-refractivity contribution in [2.45, 2.75) is 18.9 Å². The van der Waals surface area contributed by atoms with E-state index < -0.39 is 6.04 Å². The monoisotopic (exact) mass is 376 g/mol. The maximum Gasteiger partial charge on any atom is 0.290 e. The molecule has 1 fully saturated rings.